The molecule has 0 saturated heterocycles. The van der Waals surface area contributed by atoms with Gasteiger partial charge in [-0.25, -0.2) is 4.39 Å². The maximum absolute atomic E-state index is 13.8. The van der Waals surface area contributed by atoms with Gasteiger partial charge >= 0.3 is 0 Å². The Kier molecular flexibility index (Phi) is 7.42. The Labute approximate surface area is 158 Å². The number of ether oxygens (including phenoxy) is 1. The molecular formula is C20H25ClFN2O2+. The lowest BCUT2D eigenvalue weighted by atomic mass is 10.1. The maximum Gasteiger partial charge on any atom is 0.275 e. The van der Waals surface area contributed by atoms with Crippen LogP contribution in [0.5, 0.6) is 5.75 Å². The summed E-state index contributed by atoms with van der Waals surface area (Å²) in [6.45, 7) is 5.59. The standard InChI is InChI=1S/C20H24ClFN2O2/c1-4-24(12-15-5-10-19(26-3)18(22)11-15)13-20(25)23-14(2)16-6-8-17(21)9-7-16/h5-11,14H,4,12-13H2,1-3H3,(H,23,25)/p+1/t14-/m1/s1. The second kappa shape index (κ2) is 9.55. The van der Waals surface area contributed by atoms with Crippen LogP contribution < -0.4 is 15.0 Å². The second-order valence-corrected chi connectivity index (χ2v) is 6.70. The van der Waals surface area contributed by atoms with Crippen LogP contribution in [-0.4, -0.2) is 26.1 Å². The Balaban J connectivity index is 1.93. The highest BCUT2D eigenvalue weighted by molar-refractivity contribution is 6.30. The van der Waals surface area contributed by atoms with E-state index in [1.165, 1.54) is 13.2 Å². The number of nitrogens with one attached hydrogen (secondary N) is 2. The molecule has 2 atom stereocenters. The smallest absolute Gasteiger partial charge is 0.275 e. The normalized spacial score (nSPS) is 13.1. The van der Waals surface area contributed by atoms with Crippen LogP contribution in [0.3, 0.4) is 0 Å². The van der Waals surface area contributed by atoms with Crippen LogP contribution in [0.2, 0.25) is 5.02 Å². The minimum Gasteiger partial charge on any atom is -0.494 e. The number of rotatable bonds is 8. The van der Waals surface area contributed by atoms with E-state index in [0.29, 0.717) is 18.1 Å². The van der Waals surface area contributed by atoms with Gasteiger partial charge in [0, 0.05) is 10.6 Å². The van der Waals surface area contributed by atoms with E-state index >= 15 is 0 Å². The van der Waals surface area contributed by atoms with Crippen LogP contribution in [0.15, 0.2) is 42.5 Å². The van der Waals surface area contributed by atoms with Crippen molar-refractivity contribution in [1.82, 2.24) is 5.32 Å². The first kappa shape index (κ1) is 20.2. The van der Waals surface area contributed by atoms with Gasteiger partial charge in [0.15, 0.2) is 18.1 Å². The van der Waals surface area contributed by atoms with Crippen molar-refractivity contribution in [3.63, 3.8) is 0 Å². The molecule has 0 fully saturated rings. The third-order valence-electron chi connectivity index (χ3n) is 4.33. The summed E-state index contributed by atoms with van der Waals surface area (Å²) in [6, 6.07) is 12.2. The summed E-state index contributed by atoms with van der Waals surface area (Å²) < 4.78 is 18.8. The first-order valence-corrected chi connectivity index (χ1v) is 9.01. The fourth-order valence-corrected chi connectivity index (χ4v) is 2.90. The quantitative estimate of drug-likeness (QED) is 0.740. The molecule has 26 heavy (non-hydrogen) atoms. The number of halogens is 2. The molecule has 0 aliphatic heterocycles. The van der Waals surface area contributed by atoms with E-state index in [1.807, 2.05) is 32.0 Å². The lowest BCUT2D eigenvalue weighted by molar-refractivity contribution is -0.904. The second-order valence-electron chi connectivity index (χ2n) is 6.27. The minimum absolute atomic E-state index is 0.0433. The number of hydrogen-bond donors (Lipinski definition) is 2. The Morgan fingerprint density at radius 2 is 1.96 bits per heavy atom. The van der Waals surface area contributed by atoms with Gasteiger partial charge < -0.3 is 15.0 Å². The van der Waals surface area contributed by atoms with Crippen molar-refractivity contribution < 1.29 is 18.8 Å². The molecule has 2 aromatic carbocycles. The summed E-state index contributed by atoms with van der Waals surface area (Å²) in [6.07, 6.45) is 0. The molecule has 0 spiro atoms. The predicted octanol–water partition coefficient (Wildman–Crippen LogP) is 2.77. The average molecular weight is 380 g/mol. The Hall–Kier alpha value is -2.11. The fraction of sp³-hybridized carbons (Fsp3) is 0.350. The number of likely N-dealkylation sites (N-methyl/N-ethyl adjacent to an activating group) is 1. The van der Waals surface area contributed by atoms with Crippen molar-refractivity contribution >= 4 is 17.5 Å². The Morgan fingerprint density at radius 3 is 2.54 bits per heavy atom. The molecule has 2 N–H and O–H groups in total. The molecule has 1 amide bonds. The number of quaternary nitrogens is 1. The van der Waals surface area contributed by atoms with Crippen LogP contribution in [0, 0.1) is 5.82 Å². The molecule has 2 rings (SSSR count). The third kappa shape index (κ3) is 5.71. The van der Waals surface area contributed by atoms with Crippen molar-refractivity contribution in [3.05, 3.63) is 64.4 Å². The molecule has 0 aliphatic carbocycles. The SMILES string of the molecule is CC[NH+](CC(=O)N[C@H](C)c1ccc(Cl)cc1)Cc1ccc(OC)c(F)c1. The van der Waals surface area contributed by atoms with E-state index in [-0.39, 0.29) is 23.5 Å². The maximum atomic E-state index is 13.8. The van der Waals surface area contributed by atoms with E-state index in [1.54, 1.807) is 18.2 Å². The molecule has 0 radical (unpaired) electrons. The van der Waals surface area contributed by atoms with Gasteiger partial charge in [-0.1, -0.05) is 23.7 Å². The molecule has 4 nitrogen and oxygen atoms in total. The number of carbonyl (C=O) groups is 1. The molecule has 2 aromatic rings. The number of benzene rings is 2. The fourth-order valence-electron chi connectivity index (χ4n) is 2.78. The molecule has 0 aliphatic rings. The van der Waals surface area contributed by atoms with Crippen molar-refractivity contribution in [2.75, 3.05) is 20.2 Å². The van der Waals surface area contributed by atoms with Crippen LogP contribution >= 0.6 is 11.6 Å². The lowest BCUT2D eigenvalue weighted by Crippen LogP contribution is -3.11. The monoisotopic (exact) mass is 379 g/mol. The topological polar surface area (TPSA) is 42.8 Å². The minimum atomic E-state index is -0.388. The van der Waals surface area contributed by atoms with E-state index < -0.39 is 0 Å². The zero-order valence-electron chi connectivity index (χ0n) is 15.3. The lowest BCUT2D eigenvalue weighted by Gasteiger charge is -2.20. The number of hydrogen-bond acceptors (Lipinski definition) is 2. The number of methoxy groups -OCH3 is 1. The highest BCUT2D eigenvalue weighted by Crippen LogP contribution is 2.17. The van der Waals surface area contributed by atoms with E-state index in [4.69, 9.17) is 16.3 Å². The van der Waals surface area contributed by atoms with Crippen LogP contribution in [0.1, 0.15) is 31.0 Å². The molecular weight excluding hydrogens is 355 g/mol. The van der Waals surface area contributed by atoms with Crippen LogP contribution in [0.25, 0.3) is 0 Å². The molecule has 0 aromatic heterocycles. The molecule has 6 heteroatoms. The zero-order chi connectivity index (χ0) is 19.1. The van der Waals surface area contributed by atoms with Crippen molar-refractivity contribution in [2.45, 2.75) is 26.4 Å². The number of amides is 1. The molecule has 140 valence electrons. The number of carbonyl (C=O) groups excluding carboxylic acids is 1. The highest BCUT2D eigenvalue weighted by atomic mass is 35.5. The first-order chi connectivity index (χ1) is 12.4. The zero-order valence-corrected chi connectivity index (χ0v) is 16.1. The molecule has 0 heterocycles. The summed E-state index contributed by atoms with van der Waals surface area (Å²) in [4.78, 5) is 13.4. The summed E-state index contributed by atoms with van der Waals surface area (Å²) in [5.74, 6) is -0.208. The van der Waals surface area contributed by atoms with Gasteiger partial charge in [-0.2, -0.15) is 0 Å². The van der Waals surface area contributed by atoms with Gasteiger partial charge in [0.2, 0.25) is 0 Å². The van der Waals surface area contributed by atoms with E-state index in [2.05, 4.69) is 5.32 Å². The van der Waals surface area contributed by atoms with E-state index in [9.17, 15) is 9.18 Å². The van der Waals surface area contributed by atoms with Gasteiger partial charge in [-0.05, 0) is 49.7 Å². The Bertz CT molecular complexity index is 737. The van der Waals surface area contributed by atoms with Crippen LogP contribution in [-0.2, 0) is 11.3 Å². The van der Waals surface area contributed by atoms with Gasteiger partial charge in [-0.15, -0.1) is 0 Å². The van der Waals surface area contributed by atoms with Crippen molar-refractivity contribution in [1.29, 1.82) is 0 Å². The van der Waals surface area contributed by atoms with Gasteiger partial charge in [0.05, 0.1) is 19.7 Å². The Morgan fingerprint density at radius 1 is 1.27 bits per heavy atom. The summed E-state index contributed by atoms with van der Waals surface area (Å²) in [7, 11) is 1.44. The van der Waals surface area contributed by atoms with E-state index in [0.717, 1.165) is 22.6 Å². The predicted molar refractivity (Wildman–Crippen MR) is 101 cm³/mol. The third-order valence-corrected chi connectivity index (χ3v) is 4.58. The summed E-state index contributed by atoms with van der Waals surface area (Å²) in [5.41, 5.74) is 1.83. The molecule has 0 saturated carbocycles. The highest BCUT2D eigenvalue weighted by Gasteiger charge is 2.17. The van der Waals surface area contributed by atoms with Gasteiger partial charge in [0.25, 0.3) is 5.91 Å². The molecule has 1 unspecified atom stereocenters. The van der Waals surface area contributed by atoms with Crippen molar-refractivity contribution in [2.24, 2.45) is 0 Å². The summed E-state index contributed by atoms with van der Waals surface area (Å²) >= 11 is 5.89. The largest absolute Gasteiger partial charge is 0.494 e. The average Bonchev–Trinajstić information content (AvgIpc) is 2.61. The first-order valence-electron chi connectivity index (χ1n) is 8.63. The van der Waals surface area contributed by atoms with Crippen molar-refractivity contribution in [3.8, 4) is 5.75 Å². The van der Waals surface area contributed by atoms with Gasteiger partial charge in [0.1, 0.15) is 6.54 Å². The van der Waals surface area contributed by atoms with Gasteiger partial charge in [-0.3, -0.25) is 4.79 Å². The molecule has 0 bridgehead atoms. The summed E-state index contributed by atoms with van der Waals surface area (Å²) in [5, 5.41) is 3.67. The van der Waals surface area contributed by atoms with Crippen LogP contribution in [0.4, 0.5) is 4.39 Å².